The van der Waals surface area contributed by atoms with Crippen LogP contribution in [0.5, 0.6) is 11.5 Å². The minimum absolute atomic E-state index is 0.131. The van der Waals surface area contributed by atoms with E-state index < -0.39 is 0 Å². The Morgan fingerprint density at radius 2 is 1.30 bits per heavy atom. The number of para-hydroxylation sites is 1. The lowest BCUT2D eigenvalue weighted by Crippen LogP contribution is -2.07. The van der Waals surface area contributed by atoms with E-state index in [1.807, 2.05) is 6.07 Å². The van der Waals surface area contributed by atoms with Crippen LogP contribution in [0.4, 0.5) is 5.69 Å². The molecule has 0 aliphatic heterocycles. The van der Waals surface area contributed by atoms with Crippen LogP contribution in [0.1, 0.15) is 22.3 Å². The molecule has 0 atom stereocenters. The van der Waals surface area contributed by atoms with E-state index in [0.717, 1.165) is 46.6 Å². The third kappa shape index (κ3) is 2.86. The summed E-state index contributed by atoms with van der Waals surface area (Å²) >= 11 is 0. The quantitative estimate of drug-likeness (QED) is 0.643. The molecule has 0 saturated heterocycles. The lowest BCUT2D eigenvalue weighted by atomic mass is 9.92. The Labute approximate surface area is 135 Å². The molecular formula is C18H19NO4. The van der Waals surface area contributed by atoms with Gasteiger partial charge in [-0.2, -0.15) is 0 Å². The van der Waals surface area contributed by atoms with E-state index >= 15 is 0 Å². The van der Waals surface area contributed by atoms with Gasteiger partial charge in [0.15, 0.2) is 0 Å². The highest BCUT2D eigenvalue weighted by Crippen LogP contribution is 2.35. The summed E-state index contributed by atoms with van der Waals surface area (Å²) in [6.07, 6.45) is 2.87. The fourth-order valence-corrected chi connectivity index (χ4v) is 3.31. The van der Waals surface area contributed by atoms with Gasteiger partial charge >= 0.3 is 0 Å². The van der Waals surface area contributed by atoms with E-state index in [-0.39, 0.29) is 10.6 Å². The summed E-state index contributed by atoms with van der Waals surface area (Å²) < 4.78 is 11.1. The van der Waals surface area contributed by atoms with Crippen LogP contribution in [0.15, 0.2) is 30.3 Å². The maximum atomic E-state index is 11.2. The predicted octanol–water partition coefficient (Wildman–Crippen LogP) is 3.50. The van der Waals surface area contributed by atoms with Crippen LogP contribution >= 0.6 is 0 Å². The topological polar surface area (TPSA) is 61.6 Å². The van der Waals surface area contributed by atoms with Gasteiger partial charge in [0.1, 0.15) is 11.5 Å². The molecule has 2 aromatic carbocycles. The van der Waals surface area contributed by atoms with E-state index in [2.05, 4.69) is 12.1 Å². The van der Waals surface area contributed by atoms with Crippen molar-refractivity contribution in [2.24, 2.45) is 0 Å². The van der Waals surface area contributed by atoms with E-state index in [9.17, 15) is 10.1 Å². The average molecular weight is 313 g/mol. The van der Waals surface area contributed by atoms with Gasteiger partial charge in [-0.3, -0.25) is 10.1 Å². The summed E-state index contributed by atoms with van der Waals surface area (Å²) in [4.78, 5) is 10.9. The molecule has 0 spiro atoms. The largest absolute Gasteiger partial charge is 0.496 e. The first-order valence-corrected chi connectivity index (χ1v) is 7.63. The minimum atomic E-state index is -0.335. The molecule has 2 aromatic rings. The van der Waals surface area contributed by atoms with Gasteiger partial charge in [0.2, 0.25) is 0 Å². The Kier molecular flexibility index (Phi) is 4.19. The second kappa shape index (κ2) is 6.28. The van der Waals surface area contributed by atoms with Crippen LogP contribution in [0.25, 0.3) is 0 Å². The summed E-state index contributed by atoms with van der Waals surface area (Å²) in [5, 5.41) is 11.2. The summed E-state index contributed by atoms with van der Waals surface area (Å²) in [7, 11) is 3.32. The van der Waals surface area contributed by atoms with Crippen LogP contribution in [0, 0.1) is 10.1 Å². The molecule has 120 valence electrons. The number of methoxy groups -OCH3 is 2. The van der Waals surface area contributed by atoms with Gasteiger partial charge in [-0.05, 0) is 36.8 Å². The molecule has 0 saturated carbocycles. The van der Waals surface area contributed by atoms with E-state index in [0.29, 0.717) is 12.8 Å². The number of nitro benzene ring substituents is 1. The van der Waals surface area contributed by atoms with E-state index in [4.69, 9.17) is 9.47 Å². The Morgan fingerprint density at radius 3 is 1.74 bits per heavy atom. The van der Waals surface area contributed by atoms with Gasteiger partial charge in [-0.25, -0.2) is 0 Å². The van der Waals surface area contributed by atoms with Crippen molar-refractivity contribution in [1.82, 2.24) is 0 Å². The van der Waals surface area contributed by atoms with Crippen molar-refractivity contribution in [2.75, 3.05) is 14.2 Å². The maximum absolute atomic E-state index is 11.2. The van der Waals surface area contributed by atoms with Gasteiger partial charge < -0.3 is 9.47 Å². The van der Waals surface area contributed by atoms with Crippen molar-refractivity contribution < 1.29 is 14.4 Å². The molecule has 0 radical (unpaired) electrons. The highest BCUT2D eigenvalue weighted by molar-refractivity contribution is 5.52. The number of non-ortho nitro benzene ring substituents is 1. The zero-order chi connectivity index (χ0) is 16.4. The zero-order valence-electron chi connectivity index (χ0n) is 13.3. The molecule has 0 heterocycles. The van der Waals surface area contributed by atoms with Crippen LogP contribution < -0.4 is 9.47 Å². The van der Waals surface area contributed by atoms with E-state index in [1.165, 1.54) is 0 Å². The Bertz CT molecular complexity index is 707. The maximum Gasteiger partial charge on any atom is 0.270 e. The first-order chi connectivity index (χ1) is 11.1. The van der Waals surface area contributed by atoms with E-state index in [1.54, 1.807) is 26.4 Å². The number of benzene rings is 2. The van der Waals surface area contributed by atoms with Crippen molar-refractivity contribution in [3.63, 3.8) is 0 Å². The van der Waals surface area contributed by atoms with Crippen molar-refractivity contribution in [1.29, 1.82) is 0 Å². The molecule has 0 aromatic heterocycles. The molecular weight excluding hydrogens is 294 g/mol. The van der Waals surface area contributed by atoms with Gasteiger partial charge in [0.05, 0.1) is 19.1 Å². The molecule has 0 amide bonds. The normalized spacial score (nSPS) is 13.3. The fourth-order valence-electron chi connectivity index (χ4n) is 3.31. The Morgan fingerprint density at radius 1 is 0.870 bits per heavy atom. The Hall–Kier alpha value is -2.56. The number of fused-ring (bicyclic) bond motifs is 4. The van der Waals surface area contributed by atoms with Crippen LogP contribution in [-0.4, -0.2) is 19.1 Å². The molecule has 1 aliphatic carbocycles. The van der Waals surface area contributed by atoms with Crippen LogP contribution in [0.3, 0.4) is 0 Å². The zero-order valence-corrected chi connectivity index (χ0v) is 13.3. The average Bonchev–Trinajstić information content (AvgIpc) is 2.56. The Balaban J connectivity index is 2.11. The number of hydrogen-bond acceptors (Lipinski definition) is 4. The predicted molar refractivity (Wildman–Crippen MR) is 87.5 cm³/mol. The first kappa shape index (κ1) is 15.3. The minimum Gasteiger partial charge on any atom is -0.496 e. The molecule has 23 heavy (non-hydrogen) atoms. The second-order valence-electron chi connectivity index (χ2n) is 5.66. The molecule has 5 heteroatoms. The van der Waals surface area contributed by atoms with Gasteiger partial charge in [-0.15, -0.1) is 0 Å². The third-order valence-corrected chi connectivity index (χ3v) is 4.35. The van der Waals surface area contributed by atoms with Gasteiger partial charge in [0, 0.05) is 23.3 Å². The summed E-state index contributed by atoms with van der Waals surface area (Å²) in [5.74, 6) is 1.71. The number of hydrogen-bond donors (Lipinski definition) is 0. The third-order valence-electron chi connectivity index (χ3n) is 4.35. The van der Waals surface area contributed by atoms with Gasteiger partial charge in [0.25, 0.3) is 5.69 Å². The fraction of sp³-hybridized carbons (Fsp3) is 0.333. The SMILES string of the molecule is COc1c2cccc1CCc1cc([N+](=O)[O-])cc(c1OC)CC2. The van der Waals surface area contributed by atoms with Crippen molar-refractivity contribution >= 4 is 5.69 Å². The number of rotatable bonds is 3. The highest BCUT2D eigenvalue weighted by Gasteiger charge is 2.20. The molecule has 1 aliphatic rings. The lowest BCUT2D eigenvalue weighted by molar-refractivity contribution is -0.385. The van der Waals surface area contributed by atoms with Gasteiger partial charge in [-0.1, -0.05) is 18.2 Å². The summed E-state index contributed by atoms with van der Waals surface area (Å²) in [5.41, 5.74) is 4.15. The standard InChI is InChI=1S/C18H19NO4/c1-22-17-12-4-3-5-13(17)7-9-15-11-16(19(20)21)10-14(8-6-12)18(15)23-2/h3-5,10-11H,6-9H2,1-2H3. The second-order valence-corrected chi connectivity index (χ2v) is 5.66. The molecule has 5 nitrogen and oxygen atoms in total. The monoisotopic (exact) mass is 313 g/mol. The molecule has 0 fully saturated rings. The van der Waals surface area contributed by atoms with Crippen LogP contribution in [0.2, 0.25) is 0 Å². The molecule has 3 rings (SSSR count). The number of ether oxygens (including phenoxy) is 2. The molecule has 4 bridgehead atoms. The molecule has 0 N–H and O–H groups in total. The van der Waals surface area contributed by atoms with Crippen molar-refractivity contribution in [3.8, 4) is 11.5 Å². The van der Waals surface area contributed by atoms with Crippen LogP contribution in [-0.2, 0) is 25.7 Å². The number of nitro groups is 1. The molecule has 0 unspecified atom stereocenters. The summed E-state index contributed by atoms with van der Waals surface area (Å²) in [6.45, 7) is 0. The first-order valence-electron chi connectivity index (χ1n) is 7.63. The van der Waals surface area contributed by atoms with Crippen molar-refractivity contribution in [3.05, 3.63) is 62.7 Å². The number of nitrogens with zero attached hydrogens (tertiary/aromatic N) is 1. The van der Waals surface area contributed by atoms with Crippen molar-refractivity contribution in [2.45, 2.75) is 25.7 Å². The number of aryl methyl sites for hydroxylation is 4. The summed E-state index contributed by atoms with van der Waals surface area (Å²) in [6, 6.07) is 9.40. The highest BCUT2D eigenvalue weighted by atomic mass is 16.6. The smallest absolute Gasteiger partial charge is 0.270 e. The lowest BCUT2D eigenvalue weighted by Gasteiger charge is -2.19.